The summed E-state index contributed by atoms with van der Waals surface area (Å²) in [5, 5.41) is 6.45. The Kier molecular flexibility index (Phi) is 2.39. The predicted molar refractivity (Wildman–Crippen MR) is 54.9 cm³/mol. The van der Waals surface area contributed by atoms with Crippen molar-refractivity contribution in [3.63, 3.8) is 0 Å². The first-order valence-corrected chi connectivity index (χ1v) is 4.77. The quantitative estimate of drug-likeness (QED) is 0.687. The molecule has 0 amide bonds. The minimum atomic E-state index is 0.443. The number of nitrogens with zero attached hydrogens (tertiary/aromatic N) is 3. The van der Waals surface area contributed by atoms with Gasteiger partial charge in [0.2, 0.25) is 0 Å². The van der Waals surface area contributed by atoms with Gasteiger partial charge in [-0.15, -0.1) is 0 Å². The standard InChI is InChI=1S/C9H15N5/c1-7-5-11-9(13-7)12-6-8-10-3-4-14(8)2/h3-4,7H,5-6H2,1-2H3,(H2,11,12,13). The maximum atomic E-state index is 4.30. The van der Waals surface area contributed by atoms with Crippen molar-refractivity contribution in [3.8, 4) is 0 Å². The molecule has 0 aromatic carbocycles. The van der Waals surface area contributed by atoms with Crippen molar-refractivity contribution in [3.05, 3.63) is 18.2 Å². The molecule has 0 radical (unpaired) electrons. The van der Waals surface area contributed by atoms with E-state index in [1.165, 1.54) is 0 Å². The van der Waals surface area contributed by atoms with Gasteiger partial charge in [-0.2, -0.15) is 0 Å². The lowest BCUT2D eigenvalue weighted by Crippen LogP contribution is -2.37. The monoisotopic (exact) mass is 193 g/mol. The fourth-order valence-electron chi connectivity index (χ4n) is 1.39. The molecule has 5 nitrogen and oxygen atoms in total. The second kappa shape index (κ2) is 3.69. The van der Waals surface area contributed by atoms with Gasteiger partial charge in [0.05, 0.1) is 13.1 Å². The van der Waals surface area contributed by atoms with Crippen LogP contribution in [-0.4, -0.2) is 28.1 Å². The van der Waals surface area contributed by atoms with Gasteiger partial charge in [-0.1, -0.05) is 0 Å². The second-order valence-corrected chi connectivity index (χ2v) is 3.54. The summed E-state index contributed by atoms with van der Waals surface area (Å²) in [5.74, 6) is 1.88. The van der Waals surface area contributed by atoms with Gasteiger partial charge in [0, 0.05) is 25.5 Å². The average Bonchev–Trinajstić information content (AvgIpc) is 2.72. The molecule has 1 aromatic rings. The smallest absolute Gasteiger partial charge is 0.191 e. The summed E-state index contributed by atoms with van der Waals surface area (Å²) in [7, 11) is 1.98. The van der Waals surface area contributed by atoms with Crippen molar-refractivity contribution in [2.75, 3.05) is 6.54 Å². The second-order valence-electron chi connectivity index (χ2n) is 3.54. The molecular weight excluding hydrogens is 178 g/mol. The molecule has 0 saturated carbocycles. The van der Waals surface area contributed by atoms with Gasteiger partial charge >= 0.3 is 0 Å². The van der Waals surface area contributed by atoms with E-state index in [9.17, 15) is 0 Å². The first kappa shape index (κ1) is 9.05. The Bertz CT molecular complexity index is 341. The van der Waals surface area contributed by atoms with Gasteiger partial charge in [-0.3, -0.25) is 4.99 Å². The molecule has 2 rings (SSSR count). The predicted octanol–water partition coefficient (Wildman–Crippen LogP) is -0.143. The van der Waals surface area contributed by atoms with Crippen LogP contribution in [0.2, 0.25) is 0 Å². The molecule has 2 heterocycles. The molecule has 0 bridgehead atoms. The highest BCUT2D eigenvalue weighted by Gasteiger charge is 2.11. The minimum absolute atomic E-state index is 0.443. The normalized spacial score (nSPS) is 20.4. The lowest BCUT2D eigenvalue weighted by Gasteiger charge is -2.08. The van der Waals surface area contributed by atoms with Gasteiger partial charge in [0.15, 0.2) is 5.96 Å². The number of nitrogens with one attached hydrogen (secondary N) is 2. The van der Waals surface area contributed by atoms with E-state index in [0.717, 1.165) is 18.3 Å². The van der Waals surface area contributed by atoms with E-state index in [0.29, 0.717) is 12.6 Å². The highest BCUT2D eigenvalue weighted by Crippen LogP contribution is 1.95. The number of guanidine groups is 1. The summed E-state index contributed by atoms with van der Waals surface area (Å²) in [6.45, 7) is 3.67. The van der Waals surface area contributed by atoms with Crippen LogP contribution in [0.5, 0.6) is 0 Å². The van der Waals surface area contributed by atoms with Gasteiger partial charge in [0.1, 0.15) is 5.82 Å². The van der Waals surface area contributed by atoms with Crippen molar-refractivity contribution in [1.29, 1.82) is 0 Å². The van der Waals surface area contributed by atoms with Crippen LogP contribution in [0, 0.1) is 0 Å². The van der Waals surface area contributed by atoms with Crippen molar-refractivity contribution < 1.29 is 0 Å². The Balaban J connectivity index is 1.86. The Morgan fingerprint density at radius 3 is 3.14 bits per heavy atom. The molecule has 0 saturated heterocycles. The maximum absolute atomic E-state index is 4.30. The van der Waals surface area contributed by atoms with E-state index >= 15 is 0 Å². The van der Waals surface area contributed by atoms with Crippen LogP contribution < -0.4 is 10.6 Å². The number of aryl methyl sites for hydroxylation is 1. The Morgan fingerprint density at radius 2 is 2.57 bits per heavy atom. The number of aromatic nitrogens is 2. The molecule has 1 unspecified atom stereocenters. The first-order chi connectivity index (χ1) is 6.75. The summed E-state index contributed by atoms with van der Waals surface area (Å²) in [6.07, 6.45) is 3.73. The van der Waals surface area contributed by atoms with E-state index in [1.54, 1.807) is 6.20 Å². The summed E-state index contributed by atoms with van der Waals surface area (Å²) in [4.78, 5) is 8.52. The molecule has 14 heavy (non-hydrogen) atoms. The van der Waals surface area contributed by atoms with E-state index < -0.39 is 0 Å². The highest BCUT2D eigenvalue weighted by atomic mass is 15.2. The SMILES string of the molecule is CC1CN=C(NCc2nccn2C)N1. The summed E-state index contributed by atoms with van der Waals surface area (Å²) < 4.78 is 1.99. The summed E-state index contributed by atoms with van der Waals surface area (Å²) >= 11 is 0. The van der Waals surface area contributed by atoms with Gasteiger partial charge < -0.3 is 15.2 Å². The molecule has 1 aromatic heterocycles. The number of imidazole rings is 1. The molecule has 76 valence electrons. The number of rotatable bonds is 2. The van der Waals surface area contributed by atoms with Crippen LogP contribution in [0.4, 0.5) is 0 Å². The van der Waals surface area contributed by atoms with Crippen LogP contribution in [0.3, 0.4) is 0 Å². The van der Waals surface area contributed by atoms with Gasteiger partial charge in [-0.25, -0.2) is 4.98 Å². The molecule has 2 N–H and O–H groups in total. The summed E-state index contributed by atoms with van der Waals surface area (Å²) in [6, 6.07) is 0.443. The summed E-state index contributed by atoms with van der Waals surface area (Å²) in [5.41, 5.74) is 0. The van der Waals surface area contributed by atoms with Crippen LogP contribution in [0.25, 0.3) is 0 Å². The molecule has 0 spiro atoms. The van der Waals surface area contributed by atoms with Crippen molar-refractivity contribution in [2.24, 2.45) is 12.0 Å². The fraction of sp³-hybridized carbons (Fsp3) is 0.556. The number of aliphatic imine (C=N–C) groups is 1. The Morgan fingerprint density at radius 1 is 1.71 bits per heavy atom. The van der Waals surface area contributed by atoms with E-state index in [2.05, 4.69) is 27.5 Å². The molecule has 1 aliphatic heterocycles. The van der Waals surface area contributed by atoms with Crippen molar-refractivity contribution in [2.45, 2.75) is 19.5 Å². The lowest BCUT2D eigenvalue weighted by molar-refractivity contribution is 0.700. The molecule has 1 aliphatic rings. The van der Waals surface area contributed by atoms with Crippen molar-refractivity contribution >= 4 is 5.96 Å². The molecular formula is C9H15N5. The largest absolute Gasteiger partial charge is 0.352 e. The number of hydrogen-bond donors (Lipinski definition) is 2. The third-order valence-corrected chi connectivity index (χ3v) is 2.24. The number of hydrogen-bond acceptors (Lipinski definition) is 4. The van der Waals surface area contributed by atoms with Crippen LogP contribution in [-0.2, 0) is 13.6 Å². The molecule has 0 fully saturated rings. The first-order valence-electron chi connectivity index (χ1n) is 4.77. The third-order valence-electron chi connectivity index (χ3n) is 2.24. The fourth-order valence-corrected chi connectivity index (χ4v) is 1.39. The molecule has 1 atom stereocenters. The van der Waals surface area contributed by atoms with Crippen LogP contribution >= 0.6 is 0 Å². The van der Waals surface area contributed by atoms with Crippen LogP contribution in [0.15, 0.2) is 17.4 Å². The zero-order valence-corrected chi connectivity index (χ0v) is 8.49. The lowest BCUT2D eigenvalue weighted by atomic mass is 10.4. The Hall–Kier alpha value is -1.52. The van der Waals surface area contributed by atoms with E-state index in [4.69, 9.17) is 0 Å². The van der Waals surface area contributed by atoms with Crippen molar-refractivity contribution in [1.82, 2.24) is 20.2 Å². The minimum Gasteiger partial charge on any atom is -0.352 e. The molecule has 5 heteroatoms. The zero-order chi connectivity index (χ0) is 9.97. The van der Waals surface area contributed by atoms with Crippen LogP contribution in [0.1, 0.15) is 12.7 Å². The topological polar surface area (TPSA) is 54.2 Å². The van der Waals surface area contributed by atoms with E-state index in [1.807, 2.05) is 17.8 Å². The van der Waals surface area contributed by atoms with Gasteiger partial charge in [-0.05, 0) is 6.92 Å². The maximum Gasteiger partial charge on any atom is 0.191 e. The van der Waals surface area contributed by atoms with E-state index in [-0.39, 0.29) is 0 Å². The zero-order valence-electron chi connectivity index (χ0n) is 8.49. The third kappa shape index (κ3) is 1.86. The highest BCUT2D eigenvalue weighted by molar-refractivity contribution is 5.81. The average molecular weight is 193 g/mol. The molecule has 0 aliphatic carbocycles. The Labute approximate surface area is 83.2 Å². The van der Waals surface area contributed by atoms with Gasteiger partial charge in [0.25, 0.3) is 0 Å².